The van der Waals surface area contributed by atoms with Gasteiger partial charge in [-0.3, -0.25) is 14.2 Å². The molecule has 1 aromatic heterocycles. The van der Waals surface area contributed by atoms with E-state index in [2.05, 4.69) is 5.32 Å². The van der Waals surface area contributed by atoms with Crippen LogP contribution in [0.15, 0.2) is 42.5 Å². The van der Waals surface area contributed by atoms with Gasteiger partial charge in [-0.1, -0.05) is 43.1 Å². The molecule has 134 valence electrons. The van der Waals surface area contributed by atoms with E-state index in [4.69, 9.17) is 23.2 Å². The molecule has 26 heavy (non-hydrogen) atoms. The minimum atomic E-state index is -0.285. The van der Waals surface area contributed by atoms with Gasteiger partial charge in [0.1, 0.15) is 0 Å². The maximum atomic E-state index is 13.1. The van der Waals surface area contributed by atoms with Gasteiger partial charge in [-0.2, -0.15) is 0 Å². The van der Waals surface area contributed by atoms with E-state index in [0.717, 1.165) is 16.6 Å². The summed E-state index contributed by atoms with van der Waals surface area (Å²) in [5, 5.41) is 4.33. The van der Waals surface area contributed by atoms with Crippen molar-refractivity contribution in [1.82, 2.24) is 4.57 Å². The second-order valence-electron chi connectivity index (χ2n) is 6.44. The minimum absolute atomic E-state index is 0.0561. The molecule has 6 heteroatoms. The van der Waals surface area contributed by atoms with Crippen LogP contribution in [0.1, 0.15) is 29.9 Å². The van der Waals surface area contributed by atoms with Gasteiger partial charge < -0.3 is 5.32 Å². The topological polar surface area (TPSA) is 51.1 Å². The highest BCUT2D eigenvalue weighted by Crippen LogP contribution is 2.29. The lowest BCUT2D eigenvalue weighted by Crippen LogP contribution is -2.17. The predicted octanol–water partition coefficient (Wildman–Crippen LogP) is 5.54. The summed E-state index contributed by atoms with van der Waals surface area (Å²) in [6.07, 6.45) is 0. The standard InChI is InChI=1S/C20H18Cl2N2O2/c1-11(2)19(25)23-14-7-8-17-13(10-14)9-12(3)24(17)20(26)18-15(21)5-4-6-16(18)22/h4-11H,1-3H3,(H,23,25). The lowest BCUT2D eigenvalue weighted by molar-refractivity contribution is -0.118. The lowest BCUT2D eigenvalue weighted by atomic mass is 10.2. The van der Waals surface area contributed by atoms with Crippen molar-refractivity contribution in [3.8, 4) is 0 Å². The second kappa shape index (κ2) is 7.14. The average Bonchev–Trinajstić information content (AvgIpc) is 2.89. The summed E-state index contributed by atoms with van der Waals surface area (Å²) in [5.41, 5.74) is 2.45. The summed E-state index contributed by atoms with van der Waals surface area (Å²) in [7, 11) is 0. The zero-order valence-electron chi connectivity index (χ0n) is 14.6. The van der Waals surface area contributed by atoms with Crippen molar-refractivity contribution in [3.05, 3.63) is 63.8 Å². The van der Waals surface area contributed by atoms with Crippen molar-refractivity contribution in [3.63, 3.8) is 0 Å². The van der Waals surface area contributed by atoms with Gasteiger partial charge in [-0.15, -0.1) is 0 Å². The molecule has 0 spiro atoms. The van der Waals surface area contributed by atoms with Gasteiger partial charge >= 0.3 is 0 Å². The van der Waals surface area contributed by atoms with Crippen LogP contribution >= 0.6 is 23.2 Å². The Morgan fingerprint density at radius 1 is 1.04 bits per heavy atom. The monoisotopic (exact) mass is 388 g/mol. The molecule has 0 unspecified atom stereocenters. The first kappa shape index (κ1) is 18.5. The number of rotatable bonds is 3. The van der Waals surface area contributed by atoms with Crippen LogP contribution in [0, 0.1) is 12.8 Å². The van der Waals surface area contributed by atoms with Crippen LogP contribution < -0.4 is 5.32 Å². The zero-order valence-corrected chi connectivity index (χ0v) is 16.2. The number of amides is 1. The van der Waals surface area contributed by atoms with Gasteiger partial charge in [0.15, 0.2) is 0 Å². The molecular weight excluding hydrogens is 371 g/mol. The van der Waals surface area contributed by atoms with E-state index in [1.165, 1.54) is 0 Å². The summed E-state index contributed by atoms with van der Waals surface area (Å²) < 4.78 is 1.58. The third kappa shape index (κ3) is 3.35. The smallest absolute Gasteiger partial charge is 0.265 e. The molecular formula is C20H18Cl2N2O2. The van der Waals surface area contributed by atoms with Crippen molar-refractivity contribution in [2.45, 2.75) is 20.8 Å². The number of anilines is 1. The normalized spacial score (nSPS) is 11.2. The van der Waals surface area contributed by atoms with Gasteiger partial charge in [0.25, 0.3) is 5.91 Å². The number of fused-ring (bicyclic) bond motifs is 1. The third-order valence-electron chi connectivity index (χ3n) is 4.16. The molecule has 0 aliphatic heterocycles. The number of nitrogens with one attached hydrogen (secondary N) is 1. The minimum Gasteiger partial charge on any atom is -0.326 e. The Hall–Kier alpha value is -2.30. The van der Waals surface area contributed by atoms with Crippen molar-refractivity contribution < 1.29 is 9.59 Å². The fourth-order valence-corrected chi connectivity index (χ4v) is 3.36. The number of carbonyl (C=O) groups excluding carboxylic acids is 2. The summed E-state index contributed by atoms with van der Waals surface area (Å²) in [6, 6.07) is 12.3. The van der Waals surface area contributed by atoms with E-state index < -0.39 is 0 Å². The van der Waals surface area contributed by atoms with Gasteiger partial charge in [0, 0.05) is 22.7 Å². The van der Waals surface area contributed by atoms with Crippen molar-refractivity contribution in [1.29, 1.82) is 0 Å². The number of aromatic nitrogens is 1. The lowest BCUT2D eigenvalue weighted by Gasteiger charge is -2.11. The molecule has 2 aromatic carbocycles. The third-order valence-corrected chi connectivity index (χ3v) is 4.79. The summed E-state index contributed by atoms with van der Waals surface area (Å²) in [5.74, 6) is -0.451. The molecule has 3 aromatic rings. The van der Waals surface area contributed by atoms with Crippen LogP contribution in [0.4, 0.5) is 5.69 Å². The van der Waals surface area contributed by atoms with Crippen LogP contribution in [-0.2, 0) is 4.79 Å². The van der Waals surface area contributed by atoms with Gasteiger partial charge in [0.05, 0.1) is 21.1 Å². The molecule has 0 saturated heterocycles. The van der Waals surface area contributed by atoms with Gasteiger partial charge in [-0.25, -0.2) is 0 Å². The molecule has 0 saturated carbocycles. The van der Waals surface area contributed by atoms with Gasteiger partial charge in [0.2, 0.25) is 5.91 Å². The molecule has 0 atom stereocenters. The first-order chi connectivity index (χ1) is 12.3. The molecule has 1 amide bonds. The van der Waals surface area contributed by atoms with E-state index in [0.29, 0.717) is 15.7 Å². The van der Waals surface area contributed by atoms with Gasteiger partial charge in [-0.05, 0) is 43.3 Å². The zero-order chi connectivity index (χ0) is 19.0. The fraction of sp³-hybridized carbons (Fsp3) is 0.200. The van der Waals surface area contributed by atoms with Crippen LogP contribution in [0.2, 0.25) is 10.0 Å². The van der Waals surface area contributed by atoms with Crippen LogP contribution in [-0.4, -0.2) is 16.4 Å². The number of halogens is 2. The Kier molecular flexibility index (Phi) is 5.08. The molecule has 3 rings (SSSR count). The van der Waals surface area contributed by atoms with E-state index in [1.54, 1.807) is 34.9 Å². The highest BCUT2D eigenvalue weighted by Gasteiger charge is 2.20. The Bertz CT molecular complexity index is 1000. The maximum absolute atomic E-state index is 13.1. The van der Waals surface area contributed by atoms with Crippen molar-refractivity contribution in [2.24, 2.45) is 5.92 Å². The first-order valence-corrected chi connectivity index (χ1v) is 8.97. The Morgan fingerprint density at radius 3 is 2.31 bits per heavy atom. The van der Waals surface area contributed by atoms with Crippen LogP contribution in [0.3, 0.4) is 0 Å². The highest BCUT2D eigenvalue weighted by molar-refractivity contribution is 6.40. The Balaban J connectivity index is 2.06. The second-order valence-corrected chi connectivity index (χ2v) is 7.25. The van der Waals surface area contributed by atoms with E-state index >= 15 is 0 Å². The largest absolute Gasteiger partial charge is 0.326 e. The molecule has 0 radical (unpaired) electrons. The molecule has 0 aliphatic carbocycles. The van der Waals surface area contributed by atoms with Crippen LogP contribution in [0.5, 0.6) is 0 Å². The summed E-state index contributed by atoms with van der Waals surface area (Å²) in [4.78, 5) is 24.9. The highest BCUT2D eigenvalue weighted by atomic mass is 35.5. The maximum Gasteiger partial charge on any atom is 0.265 e. The molecule has 4 nitrogen and oxygen atoms in total. The Morgan fingerprint density at radius 2 is 1.69 bits per heavy atom. The quantitative estimate of drug-likeness (QED) is 0.640. The number of hydrogen-bond donors (Lipinski definition) is 1. The van der Waals surface area contributed by atoms with Crippen molar-refractivity contribution in [2.75, 3.05) is 5.32 Å². The number of benzene rings is 2. The number of aryl methyl sites for hydroxylation is 1. The molecule has 0 bridgehead atoms. The predicted molar refractivity (Wildman–Crippen MR) is 106 cm³/mol. The Labute approximate surface area is 161 Å². The SMILES string of the molecule is Cc1cc2cc(NC(=O)C(C)C)ccc2n1C(=O)c1c(Cl)cccc1Cl. The fourth-order valence-electron chi connectivity index (χ4n) is 2.80. The van der Waals surface area contributed by atoms with Crippen molar-refractivity contribution >= 4 is 51.6 Å². The summed E-state index contributed by atoms with van der Waals surface area (Å²) >= 11 is 12.4. The summed E-state index contributed by atoms with van der Waals surface area (Å²) in [6.45, 7) is 5.51. The van der Waals surface area contributed by atoms with E-state index in [-0.39, 0.29) is 23.3 Å². The van der Waals surface area contributed by atoms with Crippen LogP contribution in [0.25, 0.3) is 10.9 Å². The molecule has 0 fully saturated rings. The molecule has 1 heterocycles. The average molecular weight is 389 g/mol. The number of hydrogen-bond acceptors (Lipinski definition) is 2. The van der Waals surface area contributed by atoms with E-state index in [1.807, 2.05) is 32.9 Å². The first-order valence-electron chi connectivity index (χ1n) is 8.21. The molecule has 1 N–H and O–H groups in total. The molecule has 0 aliphatic rings. The number of carbonyl (C=O) groups is 2. The van der Waals surface area contributed by atoms with E-state index in [9.17, 15) is 9.59 Å². The number of nitrogens with zero attached hydrogens (tertiary/aromatic N) is 1.